The Morgan fingerprint density at radius 2 is 1.57 bits per heavy atom. The van der Waals surface area contributed by atoms with Crippen molar-refractivity contribution in [2.75, 3.05) is 59.4 Å². The number of rotatable bonds is 3. The van der Waals surface area contributed by atoms with Gasteiger partial charge in [-0.15, -0.1) is 11.3 Å². The first kappa shape index (κ1) is 16.8. The first-order valence-electron chi connectivity index (χ1n) is 7.75. The first-order chi connectivity index (χ1) is 11.0. The molecule has 2 aliphatic rings. The fourth-order valence-corrected chi connectivity index (χ4v) is 5.13. The molecule has 0 bridgehead atoms. The normalized spacial score (nSPS) is 22.4. The SMILES string of the molecule is CN1CCN(S(=O)(=O)N2CCN(C(=O)c3cccs3)CC2)CC1. The van der Waals surface area contributed by atoms with E-state index in [9.17, 15) is 13.2 Å². The van der Waals surface area contributed by atoms with E-state index in [1.54, 1.807) is 15.3 Å². The highest BCUT2D eigenvalue weighted by atomic mass is 32.2. The average molecular weight is 358 g/mol. The Balaban J connectivity index is 1.59. The molecule has 0 aliphatic carbocycles. The minimum Gasteiger partial charge on any atom is -0.335 e. The van der Waals surface area contributed by atoms with Gasteiger partial charge in [0, 0.05) is 52.4 Å². The second kappa shape index (κ2) is 6.86. The third kappa shape index (κ3) is 3.58. The number of thiophene rings is 1. The highest BCUT2D eigenvalue weighted by Gasteiger charge is 2.34. The van der Waals surface area contributed by atoms with Crippen molar-refractivity contribution < 1.29 is 13.2 Å². The molecule has 128 valence electrons. The Bertz CT molecular complexity index is 631. The molecule has 1 amide bonds. The maximum Gasteiger partial charge on any atom is 0.282 e. The molecule has 2 aliphatic heterocycles. The van der Waals surface area contributed by atoms with Gasteiger partial charge in [0.2, 0.25) is 0 Å². The average Bonchev–Trinajstić information content (AvgIpc) is 3.09. The second-order valence-electron chi connectivity index (χ2n) is 5.88. The molecule has 1 aromatic rings. The summed E-state index contributed by atoms with van der Waals surface area (Å²) >= 11 is 1.42. The van der Waals surface area contributed by atoms with Crippen molar-refractivity contribution >= 4 is 27.5 Å². The largest absolute Gasteiger partial charge is 0.335 e. The molecule has 23 heavy (non-hydrogen) atoms. The maximum atomic E-state index is 12.7. The number of likely N-dealkylation sites (N-methyl/N-ethyl adjacent to an activating group) is 1. The van der Waals surface area contributed by atoms with Gasteiger partial charge < -0.3 is 9.80 Å². The van der Waals surface area contributed by atoms with Crippen LogP contribution in [-0.4, -0.2) is 92.1 Å². The minimum absolute atomic E-state index is 0.00311. The third-order valence-corrected chi connectivity index (χ3v) is 7.27. The van der Waals surface area contributed by atoms with E-state index in [0.717, 1.165) is 13.1 Å². The van der Waals surface area contributed by atoms with Crippen LogP contribution in [0.2, 0.25) is 0 Å². The van der Waals surface area contributed by atoms with Crippen LogP contribution in [0.3, 0.4) is 0 Å². The molecule has 0 atom stereocenters. The van der Waals surface area contributed by atoms with Crippen molar-refractivity contribution in [2.45, 2.75) is 0 Å². The van der Waals surface area contributed by atoms with Crippen molar-refractivity contribution in [1.82, 2.24) is 18.4 Å². The van der Waals surface area contributed by atoms with Gasteiger partial charge in [0.1, 0.15) is 0 Å². The molecule has 7 nitrogen and oxygen atoms in total. The van der Waals surface area contributed by atoms with Crippen LogP contribution < -0.4 is 0 Å². The standard InChI is InChI=1S/C14H22N4O3S2/c1-15-4-8-17(9-5-15)23(20,21)18-10-6-16(7-11-18)14(19)13-3-2-12-22-13/h2-3,12H,4-11H2,1H3. The zero-order chi connectivity index (χ0) is 16.4. The highest BCUT2D eigenvalue weighted by molar-refractivity contribution is 7.86. The predicted octanol–water partition coefficient (Wildman–Crippen LogP) is -0.00190. The van der Waals surface area contributed by atoms with Gasteiger partial charge in [0.05, 0.1) is 4.88 Å². The molecule has 1 aromatic heterocycles. The van der Waals surface area contributed by atoms with E-state index in [2.05, 4.69) is 4.90 Å². The summed E-state index contributed by atoms with van der Waals surface area (Å²) in [6, 6.07) is 3.66. The van der Waals surface area contributed by atoms with E-state index >= 15 is 0 Å². The molecule has 0 saturated carbocycles. The van der Waals surface area contributed by atoms with Crippen molar-refractivity contribution in [2.24, 2.45) is 0 Å². The highest BCUT2D eigenvalue weighted by Crippen LogP contribution is 2.17. The fraction of sp³-hybridized carbons (Fsp3) is 0.643. The molecule has 2 fully saturated rings. The second-order valence-corrected chi connectivity index (χ2v) is 8.75. The number of carbonyl (C=O) groups excluding carboxylic acids is 1. The molecule has 2 saturated heterocycles. The Labute approximate surface area is 141 Å². The lowest BCUT2D eigenvalue weighted by Crippen LogP contribution is -2.57. The minimum atomic E-state index is -3.41. The smallest absolute Gasteiger partial charge is 0.282 e. The van der Waals surface area contributed by atoms with E-state index in [1.807, 2.05) is 18.5 Å². The Kier molecular flexibility index (Phi) is 5.02. The Hall–Kier alpha value is -1.00. The van der Waals surface area contributed by atoms with Gasteiger partial charge in [-0.1, -0.05) is 6.07 Å². The van der Waals surface area contributed by atoms with Crippen LogP contribution in [0.25, 0.3) is 0 Å². The summed E-state index contributed by atoms with van der Waals surface area (Å²) in [6.45, 7) is 4.22. The summed E-state index contributed by atoms with van der Waals surface area (Å²) < 4.78 is 28.4. The van der Waals surface area contributed by atoms with Crippen molar-refractivity contribution in [3.05, 3.63) is 22.4 Å². The number of hydrogen-bond donors (Lipinski definition) is 0. The number of hydrogen-bond acceptors (Lipinski definition) is 5. The molecular weight excluding hydrogens is 336 g/mol. The maximum absolute atomic E-state index is 12.7. The lowest BCUT2D eigenvalue weighted by atomic mass is 10.3. The van der Waals surface area contributed by atoms with Gasteiger partial charge >= 0.3 is 0 Å². The fourth-order valence-electron chi connectivity index (χ4n) is 2.86. The van der Waals surface area contributed by atoms with Crippen LogP contribution in [0.5, 0.6) is 0 Å². The van der Waals surface area contributed by atoms with Gasteiger partial charge in [-0.3, -0.25) is 4.79 Å². The van der Waals surface area contributed by atoms with Crippen LogP contribution in [-0.2, 0) is 10.2 Å². The first-order valence-corrected chi connectivity index (χ1v) is 10.0. The number of amides is 1. The predicted molar refractivity (Wildman–Crippen MR) is 89.8 cm³/mol. The number of piperazine rings is 2. The van der Waals surface area contributed by atoms with Crippen molar-refractivity contribution in [1.29, 1.82) is 0 Å². The summed E-state index contributed by atoms with van der Waals surface area (Å²) in [6.07, 6.45) is 0. The van der Waals surface area contributed by atoms with Gasteiger partial charge in [0.25, 0.3) is 16.1 Å². The van der Waals surface area contributed by atoms with Crippen LogP contribution in [0.1, 0.15) is 9.67 Å². The quantitative estimate of drug-likeness (QED) is 0.763. The van der Waals surface area contributed by atoms with Gasteiger partial charge in [-0.25, -0.2) is 0 Å². The zero-order valence-corrected chi connectivity index (χ0v) is 14.9. The van der Waals surface area contributed by atoms with Crippen LogP contribution in [0.4, 0.5) is 0 Å². The molecule has 0 radical (unpaired) electrons. The van der Waals surface area contributed by atoms with E-state index in [4.69, 9.17) is 0 Å². The summed E-state index contributed by atoms with van der Waals surface area (Å²) in [5.41, 5.74) is 0. The van der Waals surface area contributed by atoms with Crippen LogP contribution in [0.15, 0.2) is 17.5 Å². The molecular formula is C14H22N4O3S2. The molecule has 3 rings (SSSR count). The Morgan fingerprint density at radius 3 is 2.09 bits per heavy atom. The lowest BCUT2D eigenvalue weighted by molar-refractivity contribution is 0.0697. The van der Waals surface area contributed by atoms with Gasteiger partial charge in [0.15, 0.2) is 0 Å². The van der Waals surface area contributed by atoms with E-state index in [0.29, 0.717) is 44.1 Å². The third-order valence-electron chi connectivity index (χ3n) is 4.37. The molecule has 3 heterocycles. The topological polar surface area (TPSA) is 64.2 Å². The van der Waals surface area contributed by atoms with Crippen LogP contribution in [0, 0.1) is 0 Å². The zero-order valence-electron chi connectivity index (χ0n) is 13.2. The van der Waals surface area contributed by atoms with Crippen molar-refractivity contribution in [3.63, 3.8) is 0 Å². The summed E-state index contributed by atoms with van der Waals surface area (Å²) in [5, 5.41) is 1.88. The molecule has 0 N–H and O–H groups in total. The van der Waals surface area contributed by atoms with E-state index in [1.165, 1.54) is 15.6 Å². The summed E-state index contributed by atoms with van der Waals surface area (Å²) in [5.74, 6) is -0.00311. The lowest BCUT2D eigenvalue weighted by Gasteiger charge is -2.39. The van der Waals surface area contributed by atoms with Gasteiger partial charge in [-0.2, -0.15) is 17.0 Å². The summed E-state index contributed by atoms with van der Waals surface area (Å²) in [7, 11) is -1.41. The summed E-state index contributed by atoms with van der Waals surface area (Å²) in [4.78, 5) is 16.9. The van der Waals surface area contributed by atoms with Gasteiger partial charge in [-0.05, 0) is 18.5 Å². The molecule has 0 aromatic carbocycles. The molecule has 0 spiro atoms. The Morgan fingerprint density at radius 1 is 1.00 bits per heavy atom. The number of nitrogens with zero attached hydrogens (tertiary/aromatic N) is 4. The van der Waals surface area contributed by atoms with Crippen LogP contribution >= 0.6 is 11.3 Å². The molecule has 0 unspecified atom stereocenters. The van der Waals surface area contributed by atoms with Crippen molar-refractivity contribution in [3.8, 4) is 0 Å². The molecule has 9 heteroatoms. The van der Waals surface area contributed by atoms with E-state index in [-0.39, 0.29) is 5.91 Å². The monoisotopic (exact) mass is 358 g/mol. The van der Waals surface area contributed by atoms with E-state index < -0.39 is 10.2 Å². The number of carbonyl (C=O) groups is 1.